The quantitative estimate of drug-likeness (QED) is 0.616. The lowest BCUT2D eigenvalue weighted by Gasteiger charge is -2.10. The van der Waals surface area contributed by atoms with E-state index < -0.39 is 0 Å². The number of nitrogens with one attached hydrogen (secondary N) is 1. The molecule has 0 aliphatic carbocycles. The van der Waals surface area contributed by atoms with Crippen LogP contribution in [0, 0.1) is 0 Å². The number of nitrogens with zero attached hydrogens (tertiary/aromatic N) is 1. The SMILES string of the molecule is C/C(=C/c1ccccc1)C(=O)NCCCN(C)C. The average Bonchev–Trinajstić information content (AvgIpc) is 2.35. The van der Waals surface area contributed by atoms with Gasteiger partial charge in [0.05, 0.1) is 0 Å². The van der Waals surface area contributed by atoms with Crippen molar-refractivity contribution in [3.05, 3.63) is 41.5 Å². The molecular weight excluding hydrogens is 224 g/mol. The van der Waals surface area contributed by atoms with Crippen LogP contribution < -0.4 is 5.32 Å². The molecule has 0 saturated heterocycles. The minimum absolute atomic E-state index is 0.0117. The standard InChI is InChI=1S/C15H22N2O/c1-13(12-14-8-5-4-6-9-14)15(18)16-10-7-11-17(2)3/h4-6,8-9,12H,7,10-11H2,1-3H3,(H,16,18)/b13-12-. The van der Waals surface area contributed by atoms with Crippen molar-refractivity contribution in [2.24, 2.45) is 0 Å². The molecule has 0 aliphatic heterocycles. The molecule has 0 unspecified atom stereocenters. The van der Waals surface area contributed by atoms with Gasteiger partial charge in [0.1, 0.15) is 0 Å². The van der Waals surface area contributed by atoms with E-state index in [1.165, 1.54) is 0 Å². The van der Waals surface area contributed by atoms with Crippen molar-refractivity contribution in [3.63, 3.8) is 0 Å². The zero-order chi connectivity index (χ0) is 13.4. The highest BCUT2D eigenvalue weighted by atomic mass is 16.1. The van der Waals surface area contributed by atoms with E-state index in [2.05, 4.69) is 10.2 Å². The summed E-state index contributed by atoms with van der Waals surface area (Å²) in [5.74, 6) is 0.0117. The van der Waals surface area contributed by atoms with Gasteiger partial charge in [0, 0.05) is 12.1 Å². The van der Waals surface area contributed by atoms with Crippen LogP contribution in [0.4, 0.5) is 0 Å². The summed E-state index contributed by atoms with van der Waals surface area (Å²) in [5.41, 5.74) is 1.80. The Morgan fingerprint density at radius 2 is 1.94 bits per heavy atom. The molecule has 0 saturated carbocycles. The van der Waals surface area contributed by atoms with Crippen LogP contribution >= 0.6 is 0 Å². The highest BCUT2D eigenvalue weighted by Gasteiger charge is 2.03. The molecule has 0 aromatic heterocycles. The fraction of sp³-hybridized carbons (Fsp3) is 0.400. The first-order valence-corrected chi connectivity index (χ1v) is 6.26. The first-order valence-electron chi connectivity index (χ1n) is 6.26. The zero-order valence-corrected chi connectivity index (χ0v) is 11.4. The highest BCUT2D eigenvalue weighted by Crippen LogP contribution is 2.05. The molecule has 0 heterocycles. The van der Waals surface area contributed by atoms with Gasteiger partial charge in [-0.25, -0.2) is 0 Å². The summed E-state index contributed by atoms with van der Waals surface area (Å²) in [6.07, 6.45) is 2.87. The molecule has 0 radical (unpaired) electrons. The van der Waals surface area contributed by atoms with Crippen molar-refractivity contribution < 1.29 is 4.79 Å². The molecule has 0 atom stereocenters. The van der Waals surface area contributed by atoms with Gasteiger partial charge in [-0.2, -0.15) is 0 Å². The molecule has 0 fully saturated rings. The van der Waals surface area contributed by atoms with Crippen LogP contribution in [-0.2, 0) is 4.79 Å². The van der Waals surface area contributed by atoms with Crippen molar-refractivity contribution in [1.29, 1.82) is 0 Å². The molecule has 98 valence electrons. The maximum absolute atomic E-state index is 11.8. The van der Waals surface area contributed by atoms with Crippen LogP contribution in [0.15, 0.2) is 35.9 Å². The van der Waals surface area contributed by atoms with Crippen LogP contribution in [0.2, 0.25) is 0 Å². The Morgan fingerprint density at radius 1 is 1.28 bits per heavy atom. The number of hydrogen-bond donors (Lipinski definition) is 1. The normalized spacial score (nSPS) is 11.7. The van der Waals surface area contributed by atoms with E-state index in [-0.39, 0.29) is 5.91 Å². The monoisotopic (exact) mass is 246 g/mol. The average molecular weight is 246 g/mol. The maximum atomic E-state index is 11.8. The third kappa shape index (κ3) is 5.64. The topological polar surface area (TPSA) is 32.3 Å². The van der Waals surface area contributed by atoms with Crippen LogP contribution in [0.5, 0.6) is 0 Å². The largest absolute Gasteiger partial charge is 0.352 e. The fourth-order valence-corrected chi connectivity index (χ4v) is 1.60. The Balaban J connectivity index is 2.40. The van der Waals surface area contributed by atoms with Crippen molar-refractivity contribution in [1.82, 2.24) is 10.2 Å². The molecule has 1 aromatic carbocycles. The van der Waals surface area contributed by atoms with Gasteiger partial charge in [0.15, 0.2) is 0 Å². The lowest BCUT2D eigenvalue weighted by Crippen LogP contribution is -2.27. The second-order valence-electron chi connectivity index (χ2n) is 4.65. The van der Waals surface area contributed by atoms with E-state index in [9.17, 15) is 4.79 Å². The van der Waals surface area contributed by atoms with Gasteiger partial charge in [-0.15, -0.1) is 0 Å². The minimum Gasteiger partial charge on any atom is -0.352 e. The smallest absolute Gasteiger partial charge is 0.246 e. The number of carbonyl (C=O) groups excluding carboxylic acids is 1. The van der Waals surface area contributed by atoms with Gasteiger partial charge in [-0.1, -0.05) is 30.3 Å². The number of carbonyl (C=O) groups is 1. The van der Waals surface area contributed by atoms with Crippen molar-refractivity contribution in [2.75, 3.05) is 27.2 Å². The third-order valence-corrected chi connectivity index (χ3v) is 2.61. The fourth-order valence-electron chi connectivity index (χ4n) is 1.60. The molecule has 1 rings (SSSR count). The lowest BCUT2D eigenvalue weighted by atomic mass is 10.1. The number of amides is 1. The second kappa shape index (κ2) is 7.67. The summed E-state index contributed by atoms with van der Waals surface area (Å²) < 4.78 is 0. The van der Waals surface area contributed by atoms with Crippen molar-refractivity contribution >= 4 is 12.0 Å². The Hall–Kier alpha value is -1.61. The Bertz CT molecular complexity index is 396. The van der Waals surface area contributed by atoms with Crippen LogP contribution in [0.1, 0.15) is 18.9 Å². The Labute approximate surface area is 109 Å². The zero-order valence-electron chi connectivity index (χ0n) is 11.4. The van der Waals surface area contributed by atoms with Crippen LogP contribution in [0.3, 0.4) is 0 Å². The number of rotatable bonds is 6. The van der Waals surface area contributed by atoms with Crippen LogP contribution in [-0.4, -0.2) is 38.0 Å². The molecule has 1 amide bonds. The van der Waals surface area contributed by atoms with Gasteiger partial charge in [0.2, 0.25) is 5.91 Å². The van der Waals surface area contributed by atoms with Crippen molar-refractivity contribution in [2.45, 2.75) is 13.3 Å². The van der Waals surface area contributed by atoms with Gasteiger partial charge in [-0.3, -0.25) is 4.79 Å². The minimum atomic E-state index is 0.0117. The molecule has 3 nitrogen and oxygen atoms in total. The lowest BCUT2D eigenvalue weighted by molar-refractivity contribution is -0.117. The van der Waals surface area contributed by atoms with E-state index in [1.54, 1.807) is 0 Å². The van der Waals surface area contributed by atoms with E-state index >= 15 is 0 Å². The van der Waals surface area contributed by atoms with E-state index in [0.29, 0.717) is 0 Å². The molecule has 1 N–H and O–H groups in total. The molecule has 1 aromatic rings. The van der Waals surface area contributed by atoms with Crippen LogP contribution in [0.25, 0.3) is 6.08 Å². The highest BCUT2D eigenvalue weighted by molar-refractivity contribution is 5.97. The van der Waals surface area contributed by atoms with E-state index in [0.717, 1.165) is 30.6 Å². The first-order chi connectivity index (χ1) is 8.59. The second-order valence-corrected chi connectivity index (χ2v) is 4.65. The predicted molar refractivity (Wildman–Crippen MR) is 76.3 cm³/mol. The van der Waals surface area contributed by atoms with Gasteiger partial charge >= 0.3 is 0 Å². The number of benzene rings is 1. The summed E-state index contributed by atoms with van der Waals surface area (Å²) in [4.78, 5) is 13.9. The van der Waals surface area contributed by atoms with E-state index in [4.69, 9.17) is 0 Å². The molecule has 0 spiro atoms. The van der Waals surface area contributed by atoms with Crippen molar-refractivity contribution in [3.8, 4) is 0 Å². The molecule has 0 aliphatic rings. The molecule has 0 bridgehead atoms. The molecular formula is C15H22N2O. The summed E-state index contributed by atoms with van der Waals surface area (Å²) in [5, 5.41) is 2.92. The van der Waals surface area contributed by atoms with Gasteiger partial charge in [-0.05, 0) is 45.6 Å². The van der Waals surface area contributed by atoms with Gasteiger partial charge < -0.3 is 10.2 Å². The predicted octanol–water partition coefficient (Wildman–Crippen LogP) is 2.16. The van der Waals surface area contributed by atoms with E-state index in [1.807, 2.05) is 57.4 Å². The van der Waals surface area contributed by atoms with Gasteiger partial charge in [0.25, 0.3) is 0 Å². The summed E-state index contributed by atoms with van der Waals surface area (Å²) in [7, 11) is 4.06. The third-order valence-electron chi connectivity index (χ3n) is 2.61. The summed E-state index contributed by atoms with van der Waals surface area (Å²) in [6, 6.07) is 9.88. The molecule has 18 heavy (non-hydrogen) atoms. The first kappa shape index (κ1) is 14.5. The Kier molecular flexibility index (Phi) is 6.15. The number of hydrogen-bond acceptors (Lipinski definition) is 2. The summed E-state index contributed by atoms with van der Waals surface area (Å²) >= 11 is 0. The molecule has 3 heteroatoms. The maximum Gasteiger partial charge on any atom is 0.246 e. The summed E-state index contributed by atoms with van der Waals surface area (Å²) in [6.45, 7) is 3.55. The Morgan fingerprint density at radius 3 is 2.56 bits per heavy atom.